The van der Waals surface area contributed by atoms with E-state index in [0.717, 1.165) is 54.6 Å². The van der Waals surface area contributed by atoms with Crippen molar-refractivity contribution >= 4 is 11.6 Å². The van der Waals surface area contributed by atoms with E-state index in [1.807, 2.05) is 36.9 Å². The van der Waals surface area contributed by atoms with E-state index < -0.39 is 0 Å². The number of methoxy groups -OCH3 is 1. The molecule has 1 unspecified atom stereocenters. The number of aromatic nitrogens is 1. The maximum atomic E-state index is 13.1. The number of piperazine rings is 1. The highest BCUT2D eigenvalue weighted by Crippen LogP contribution is 2.36. The Labute approximate surface area is 166 Å². The smallest absolute Gasteiger partial charge is 0.229 e. The van der Waals surface area contributed by atoms with Crippen molar-refractivity contribution in [1.82, 2.24) is 9.88 Å². The van der Waals surface area contributed by atoms with Gasteiger partial charge in [-0.05, 0) is 44.0 Å². The Bertz CT molecular complexity index is 855. The predicted octanol–water partition coefficient (Wildman–Crippen LogP) is 2.61. The first-order valence-electron chi connectivity index (χ1n) is 9.83. The Kier molecular flexibility index (Phi) is 5.11. The van der Waals surface area contributed by atoms with Crippen LogP contribution in [0.15, 0.2) is 30.3 Å². The van der Waals surface area contributed by atoms with Crippen LogP contribution in [0.1, 0.15) is 17.0 Å². The third-order valence-electron chi connectivity index (χ3n) is 5.55. The molecule has 28 heavy (non-hydrogen) atoms. The van der Waals surface area contributed by atoms with Crippen molar-refractivity contribution in [3.05, 3.63) is 47.3 Å². The lowest BCUT2D eigenvalue weighted by Crippen LogP contribution is -2.51. The average molecular weight is 381 g/mol. The number of benzene rings is 1. The molecule has 2 aromatic rings. The van der Waals surface area contributed by atoms with Gasteiger partial charge in [0.05, 0.1) is 13.0 Å². The Morgan fingerprint density at radius 1 is 1.14 bits per heavy atom. The molecule has 0 radical (unpaired) electrons. The summed E-state index contributed by atoms with van der Waals surface area (Å²) in [6, 6.07) is 10.1. The van der Waals surface area contributed by atoms with Crippen molar-refractivity contribution in [2.24, 2.45) is 5.92 Å². The first-order chi connectivity index (χ1) is 13.5. The number of nitrogens with zero attached hydrogens (tertiary/aromatic N) is 3. The summed E-state index contributed by atoms with van der Waals surface area (Å²) in [6.07, 6.45) is 0.703. The highest BCUT2D eigenvalue weighted by atomic mass is 16.5. The van der Waals surface area contributed by atoms with Crippen LogP contribution in [0.25, 0.3) is 0 Å². The molecule has 1 saturated heterocycles. The van der Waals surface area contributed by atoms with E-state index >= 15 is 0 Å². The number of carbonyl (C=O) groups is 1. The van der Waals surface area contributed by atoms with E-state index in [9.17, 15) is 4.79 Å². The fourth-order valence-electron chi connectivity index (χ4n) is 4.15. The van der Waals surface area contributed by atoms with Crippen molar-refractivity contribution < 1.29 is 14.3 Å². The molecule has 1 aromatic carbocycles. The van der Waals surface area contributed by atoms with Crippen molar-refractivity contribution in [2.75, 3.05) is 44.8 Å². The summed E-state index contributed by atoms with van der Waals surface area (Å²) in [5.74, 6) is 1.58. The summed E-state index contributed by atoms with van der Waals surface area (Å²) >= 11 is 0. The Hall–Kier alpha value is -2.76. The molecule has 3 heterocycles. The van der Waals surface area contributed by atoms with E-state index in [-0.39, 0.29) is 11.8 Å². The Morgan fingerprint density at radius 2 is 1.86 bits per heavy atom. The lowest BCUT2D eigenvalue weighted by Gasteiger charge is -2.38. The van der Waals surface area contributed by atoms with Crippen LogP contribution >= 0.6 is 0 Å². The summed E-state index contributed by atoms with van der Waals surface area (Å²) in [7, 11) is 1.64. The van der Waals surface area contributed by atoms with E-state index in [2.05, 4.69) is 22.0 Å². The normalized spacial score (nSPS) is 19.0. The summed E-state index contributed by atoms with van der Waals surface area (Å²) in [5.41, 5.74) is 4.30. The van der Waals surface area contributed by atoms with Crippen molar-refractivity contribution in [1.29, 1.82) is 0 Å². The number of hydrogen-bond donors (Lipinski definition) is 0. The molecule has 1 aromatic heterocycles. The van der Waals surface area contributed by atoms with Crippen LogP contribution in [0.3, 0.4) is 0 Å². The van der Waals surface area contributed by atoms with Crippen LogP contribution < -0.4 is 14.4 Å². The quantitative estimate of drug-likeness (QED) is 0.818. The van der Waals surface area contributed by atoms with Crippen LogP contribution in [0, 0.1) is 19.8 Å². The highest BCUT2D eigenvalue weighted by molar-refractivity contribution is 5.80. The van der Waals surface area contributed by atoms with Gasteiger partial charge in [0.15, 0.2) is 11.5 Å². The second-order valence-electron chi connectivity index (χ2n) is 7.58. The number of para-hydroxylation sites is 1. The first kappa shape index (κ1) is 18.6. The van der Waals surface area contributed by atoms with Crippen LogP contribution in [0.4, 0.5) is 5.69 Å². The number of pyridine rings is 1. The first-order valence-corrected chi connectivity index (χ1v) is 9.83. The molecule has 6 heteroatoms. The number of carbonyl (C=O) groups excluding carboxylic acids is 1. The Balaban J connectivity index is 1.39. The zero-order valence-electron chi connectivity index (χ0n) is 16.8. The molecule has 148 valence electrons. The number of amides is 1. The van der Waals surface area contributed by atoms with Crippen LogP contribution in [-0.2, 0) is 11.2 Å². The molecule has 2 aliphatic rings. The van der Waals surface area contributed by atoms with Gasteiger partial charge in [-0.1, -0.05) is 12.1 Å². The van der Waals surface area contributed by atoms with Gasteiger partial charge < -0.3 is 19.3 Å². The fraction of sp³-hybridized carbons (Fsp3) is 0.455. The number of ether oxygens (including phenoxy) is 2. The maximum Gasteiger partial charge on any atom is 0.229 e. The zero-order valence-corrected chi connectivity index (χ0v) is 16.8. The molecule has 1 atom stereocenters. The minimum Gasteiger partial charge on any atom is -0.493 e. The fourth-order valence-corrected chi connectivity index (χ4v) is 4.15. The standard InChI is InChI=1S/C22H27N3O3/c1-15-11-19(12-16(2)23-15)24-7-9-25(10-8-24)22(26)18-13-17-5-4-6-20(27-3)21(17)28-14-18/h4-6,11-12,18H,7-10,13-14H2,1-3H3. The SMILES string of the molecule is COc1cccc2c1OCC(C(=O)N1CCN(c3cc(C)nc(C)c3)CC1)C2. The number of hydrogen-bond acceptors (Lipinski definition) is 5. The highest BCUT2D eigenvalue weighted by Gasteiger charge is 2.32. The molecule has 0 spiro atoms. The van der Waals surface area contributed by atoms with Crippen molar-refractivity contribution in [3.63, 3.8) is 0 Å². The molecule has 4 rings (SSSR count). The maximum absolute atomic E-state index is 13.1. The predicted molar refractivity (Wildman–Crippen MR) is 108 cm³/mol. The molecular formula is C22H27N3O3. The third kappa shape index (κ3) is 3.63. The van der Waals surface area contributed by atoms with Crippen LogP contribution in [-0.4, -0.2) is 55.7 Å². The topological polar surface area (TPSA) is 54.9 Å². The second-order valence-corrected chi connectivity index (χ2v) is 7.58. The lowest BCUT2D eigenvalue weighted by atomic mass is 9.95. The summed E-state index contributed by atoms with van der Waals surface area (Å²) in [4.78, 5) is 21.8. The second kappa shape index (κ2) is 7.70. The van der Waals surface area contributed by atoms with Crippen molar-refractivity contribution in [3.8, 4) is 11.5 Å². The van der Waals surface area contributed by atoms with Gasteiger partial charge in [-0.3, -0.25) is 9.78 Å². The molecule has 0 saturated carbocycles. The number of anilines is 1. The number of fused-ring (bicyclic) bond motifs is 1. The largest absolute Gasteiger partial charge is 0.493 e. The zero-order chi connectivity index (χ0) is 19.7. The van der Waals surface area contributed by atoms with Crippen LogP contribution in [0.5, 0.6) is 11.5 Å². The van der Waals surface area contributed by atoms with Gasteiger partial charge in [0.2, 0.25) is 5.91 Å². The van der Waals surface area contributed by atoms with E-state index in [1.165, 1.54) is 5.69 Å². The molecule has 2 aliphatic heterocycles. The average Bonchev–Trinajstić information content (AvgIpc) is 2.71. The summed E-state index contributed by atoms with van der Waals surface area (Å²) in [5, 5.41) is 0. The number of aryl methyl sites for hydroxylation is 2. The molecular weight excluding hydrogens is 354 g/mol. The molecule has 1 fully saturated rings. The minimum absolute atomic E-state index is 0.128. The molecule has 0 aliphatic carbocycles. The van der Waals surface area contributed by atoms with Gasteiger partial charge in [0.1, 0.15) is 6.61 Å². The summed E-state index contributed by atoms with van der Waals surface area (Å²) in [6.45, 7) is 7.61. The van der Waals surface area contributed by atoms with Gasteiger partial charge >= 0.3 is 0 Å². The van der Waals surface area contributed by atoms with Gasteiger partial charge in [0.25, 0.3) is 0 Å². The Morgan fingerprint density at radius 3 is 2.54 bits per heavy atom. The molecule has 1 amide bonds. The van der Waals surface area contributed by atoms with E-state index in [1.54, 1.807) is 7.11 Å². The third-order valence-corrected chi connectivity index (χ3v) is 5.55. The van der Waals surface area contributed by atoms with Gasteiger partial charge in [-0.15, -0.1) is 0 Å². The minimum atomic E-state index is -0.128. The summed E-state index contributed by atoms with van der Waals surface area (Å²) < 4.78 is 11.3. The van der Waals surface area contributed by atoms with Crippen molar-refractivity contribution in [2.45, 2.75) is 20.3 Å². The van der Waals surface area contributed by atoms with Crippen LogP contribution in [0.2, 0.25) is 0 Å². The monoisotopic (exact) mass is 381 g/mol. The molecule has 0 bridgehead atoms. The molecule has 0 N–H and O–H groups in total. The van der Waals surface area contributed by atoms with Gasteiger partial charge in [0, 0.05) is 43.3 Å². The lowest BCUT2D eigenvalue weighted by molar-refractivity contribution is -0.137. The molecule has 6 nitrogen and oxygen atoms in total. The number of rotatable bonds is 3. The van der Waals surface area contributed by atoms with E-state index in [0.29, 0.717) is 13.0 Å². The van der Waals surface area contributed by atoms with Gasteiger partial charge in [-0.2, -0.15) is 0 Å². The van der Waals surface area contributed by atoms with E-state index in [4.69, 9.17) is 9.47 Å². The van der Waals surface area contributed by atoms with Gasteiger partial charge in [-0.25, -0.2) is 0 Å².